The molecule has 4 rings (SSSR count). The van der Waals surface area contributed by atoms with Crippen LogP contribution in [0.25, 0.3) is 21.5 Å². The maximum atomic E-state index is 12.7. The first-order valence-corrected chi connectivity index (χ1v) is 8.15. The summed E-state index contributed by atoms with van der Waals surface area (Å²) in [5, 5.41) is 3.41. The number of amides is 1. The normalized spacial score (nSPS) is 10.7. The average molecular weight is 332 g/mol. The van der Waals surface area contributed by atoms with Crippen LogP contribution in [0.5, 0.6) is 0 Å². The first kappa shape index (κ1) is 14.5. The van der Waals surface area contributed by atoms with Gasteiger partial charge in [-0.1, -0.05) is 53.8 Å². The van der Waals surface area contributed by atoms with Crippen molar-refractivity contribution in [3.63, 3.8) is 0 Å². The Bertz CT molecular complexity index is 981. The predicted octanol–water partition coefficient (Wildman–Crippen LogP) is 4.01. The second kappa shape index (κ2) is 6.17. The summed E-state index contributed by atoms with van der Waals surface area (Å²) in [5.74, 6) is -0.270. The molecule has 2 aromatic carbocycles. The minimum absolute atomic E-state index is 0.270. The Hall–Kier alpha value is -3.12. The van der Waals surface area contributed by atoms with Crippen LogP contribution in [-0.4, -0.2) is 20.9 Å². The lowest BCUT2D eigenvalue weighted by Gasteiger charge is -2.07. The molecular formula is C18H12N4OS. The van der Waals surface area contributed by atoms with Crippen molar-refractivity contribution in [2.75, 3.05) is 5.32 Å². The molecule has 0 aliphatic rings. The number of nitrogens with zero attached hydrogens (tertiary/aromatic N) is 3. The number of benzene rings is 2. The Morgan fingerprint density at radius 3 is 2.62 bits per heavy atom. The van der Waals surface area contributed by atoms with E-state index in [4.69, 9.17) is 0 Å². The third-order valence-electron chi connectivity index (χ3n) is 3.52. The fourth-order valence-electron chi connectivity index (χ4n) is 2.41. The molecule has 1 amide bonds. The average Bonchev–Trinajstić information content (AvgIpc) is 3.04. The van der Waals surface area contributed by atoms with Crippen LogP contribution < -0.4 is 5.32 Å². The molecule has 0 aliphatic carbocycles. The highest BCUT2D eigenvalue weighted by atomic mass is 32.1. The van der Waals surface area contributed by atoms with Gasteiger partial charge in [-0.05, 0) is 12.1 Å². The summed E-state index contributed by atoms with van der Waals surface area (Å²) in [5.41, 5.74) is 2.76. The number of hydrogen-bond donors (Lipinski definition) is 1. The van der Waals surface area contributed by atoms with Crippen molar-refractivity contribution in [2.24, 2.45) is 0 Å². The Labute approximate surface area is 142 Å². The number of aromatic nitrogens is 3. The monoisotopic (exact) mass is 332 g/mol. The summed E-state index contributed by atoms with van der Waals surface area (Å²) >= 11 is 1.44. The molecule has 2 aromatic heterocycles. The summed E-state index contributed by atoms with van der Waals surface area (Å²) in [6.07, 6.45) is 2.97. The van der Waals surface area contributed by atoms with Crippen LogP contribution in [0.15, 0.2) is 67.1 Å². The lowest BCUT2D eigenvalue weighted by atomic mass is 10.1. The zero-order chi connectivity index (χ0) is 16.4. The number of thiazole rings is 1. The second-order valence-corrected chi connectivity index (χ2v) is 6.12. The highest BCUT2D eigenvalue weighted by molar-refractivity contribution is 7.22. The number of rotatable bonds is 3. The van der Waals surface area contributed by atoms with Crippen LogP contribution in [0.1, 0.15) is 10.4 Å². The van der Waals surface area contributed by atoms with Crippen molar-refractivity contribution in [3.05, 3.63) is 72.7 Å². The van der Waals surface area contributed by atoms with Gasteiger partial charge in [-0.3, -0.25) is 10.1 Å². The van der Waals surface area contributed by atoms with Crippen LogP contribution in [-0.2, 0) is 0 Å². The standard InChI is InChI=1S/C18H12N4OS/c23-17(22-18-21-14-8-4-5-9-15(14)24-18)13-10-19-11-20-16(13)12-6-2-1-3-7-12/h1-11H,(H,21,22,23). The number of anilines is 1. The maximum absolute atomic E-state index is 12.7. The minimum Gasteiger partial charge on any atom is -0.298 e. The van der Waals surface area contributed by atoms with E-state index in [0.717, 1.165) is 15.8 Å². The number of carbonyl (C=O) groups excluding carboxylic acids is 1. The topological polar surface area (TPSA) is 67.8 Å². The molecule has 0 saturated carbocycles. The van der Waals surface area contributed by atoms with E-state index in [1.807, 2.05) is 54.6 Å². The smallest absolute Gasteiger partial charge is 0.261 e. The molecule has 0 radical (unpaired) electrons. The van der Waals surface area contributed by atoms with E-state index >= 15 is 0 Å². The van der Waals surface area contributed by atoms with Crippen molar-refractivity contribution in [2.45, 2.75) is 0 Å². The van der Waals surface area contributed by atoms with Crippen LogP contribution in [0, 0.1) is 0 Å². The van der Waals surface area contributed by atoms with Gasteiger partial charge in [0.15, 0.2) is 5.13 Å². The highest BCUT2D eigenvalue weighted by Gasteiger charge is 2.16. The van der Waals surface area contributed by atoms with E-state index in [1.54, 1.807) is 0 Å². The van der Waals surface area contributed by atoms with Crippen molar-refractivity contribution >= 4 is 32.6 Å². The highest BCUT2D eigenvalue weighted by Crippen LogP contribution is 2.27. The van der Waals surface area contributed by atoms with Crippen LogP contribution in [0.2, 0.25) is 0 Å². The molecule has 0 fully saturated rings. The first-order valence-electron chi connectivity index (χ1n) is 7.33. The SMILES string of the molecule is O=C(Nc1nc2ccccc2s1)c1cncnc1-c1ccccc1. The zero-order valence-corrected chi connectivity index (χ0v) is 13.3. The number of fused-ring (bicyclic) bond motifs is 1. The van der Waals surface area contributed by atoms with Crippen molar-refractivity contribution in [1.82, 2.24) is 15.0 Å². The summed E-state index contributed by atoms with van der Waals surface area (Å²) in [7, 11) is 0. The predicted molar refractivity (Wildman–Crippen MR) is 95.0 cm³/mol. The van der Waals surface area contributed by atoms with E-state index < -0.39 is 0 Å². The molecule has 0 spiro atoms. The van der Waals surface area contributed by atoms with Crippen LogP contribution in [0.3, 0.4) is 0 Å². The van der Waals surface area contributed by atoms with Gasteiger partial charge in [0, 0.05) is 11.8 Å². The third kappa shape index (κ3) is 2.75. The molecule has 116 valence electrons. The Kier molecular flexibility index (Phi) is 3.72. The largest absolute Gasteiger partial charge is 0.298 e. The van der Waals surface area contributed by atoms with E-state index in [9.17, 15) is 4.79 Å². The van der Waals surface area contributed by atoms with Gasteiger partial charge in [0.2, 0.25) is 0 Å². The summed E-state index contributed by atoms with van der Waals surface area (Å²) in [6.45, 7) is 0. The van der Waals surface area contributed by atoms with E-state index in [1.165, 1.54) is 23.9 Å². The number of carbonyl (C=O) groups is 1. The second-order valence-electron chi connectivity index (χ2n) is 5.09. The molecule has 0 bridgehead atoms. The summed E-state index contributed by atoms with van der Waals surface area (Å²) < 4.78 is 1.03. The number of hydrogen-bond acceptors (Lipinski definition) is 5. The van der Waals surface area contributed by atoms with Crippen LogP contribution >= 0.6 is 11.3 Å². The molecule has 2 heterocycles. The molecule has 6 heteroatoms. The molecule has 0 saturated heterocycles. The molecule has 1 N–H and O–H groups in total. The van der Waals surface area contributed by atoms with Gasteiger partial charge in [-0.25, -0.2) is 15.0 Å². The molecule has 0 aliphatic heterocycles. The van der Waals surface area contributed by atoms with Crippen molar-refractivity contribution < 1.29 is 4.79 Å². The summed E-state index contributed by atoms with van der Waals surface area (Å²) in [6, 6.07) is 17.3. The zero-order valence-electron chi connectivity index (χ0n) is 12.5. The Balaban J connectivity index is 1.68. The van der Waals surface area contributed by atoms with Gasteiger partial charge in [0.1, 0.15) is 6.33 Å². The molecule has 24 heavy (non-hydrogen) atoms. The third-order valence-corrected chi connectivity index (χ3v) is 4.47. The lowest BCUT2D eigenvalue weighted by molar-refractivity contribution is 0.102. The van der Waals surface area contributed by atoms with Crippen molar-refractivity contribution in [3.8, 4) is 11.3 Å². The maximum Gasteiger partial charge on any atom is 0.261 e. The van der Waals surface area contributed by atoms with Crippen LogP contribution in [0.4, 0.5) is 5.13 Å². The van der Waals surface area contributed by atoms with E-state index in [-0.39, 0.29) is 5.91 Å². The van der Waals surface area contributed by atoms with E-state index in [0.29, 0.717) is 16.4 Å². The fourth-order valence-corrected chi connectivity index (χ4v) is 3.27. The Morgan fingerprint density at radius 2 is 1.79 bits per heavy atom. The fraction of sp³-hybridized carbons (Fsp3) is 0. The van der Waals surface area contributed by atoms with Gasteiger partial charge in [0.05, 0.1) is 21.5 Å². The molecule has 5 nitrogen and oxygen atoms in total. The van der Waals surface area contributed by atoms with Gasteiger partial charge < -0.3 is 0 Å². The van der Waals surface area contributed by atoms with Gasteiger partial charge in [-0.2, -0.15) is 0 Å². The van der Waals surface area contributed by atoms with Crippen molar-refractivity contribution in [1.29, 1.82) is 0 Å². The molecular weight excluding hydrogens is 320 g/mol. The Morgan fingerprint density at radius 1 is 1.00 bits per heavy atom. The first-order chi connectivity index (χ1) is 11.8. The molecule has 0 atom stereocenters. The molecule has 0 unspecified atom stereocenters. The lowest BCUT2D eigenvalue weighted by Crippen LogP contribution is -2.14. The van der Waals surface area contributed by atoms with Gasteiger partial charge in [0.25, 0.3) is 5.91 Å². The number of nitrogens with one attached hydrogen (secondary N) is 1. The number of para-hydroxylation sites is 1. The summed E-state index contributed by atoms with van der Waals surface area (Å²) in [4.78, 5) is 25.3. The molecule has 4 aromatic rings. The minimum atomic E-state index is -0.270. The quantitative estimate of drug-likeness (QED) is 0.615. The van der Waals surface area contributed by atoms with E-state index in [2.05, 4.69) is 20.3 Å². The van der Waals surface area contributed by atoms with Gasteiger partial charge in [-0.15, -0.1) is 0 Å². The van der Waals surface area contributed by atoms with Gasteiger partial charge >= 0.3 is 0 Å².